The van der Waals surface area contributed by atoms with Gasteiger partial charge in [0, 0.05) is 31.5 Å². The maximum atomic E-state index is 13.5. The lowest BCUT2D eigenvalue weighted by atomic mass is 10.0. The Morgan fingerprint density at radius 1 is 0.933 bits per heavy atom. The number of benzene rings is 2. The standard InChI is InChI=1S/C23H18F2N4O/c1-29-22(30)20(16-5-7-18(24)8-6-16)21(17-9-11-26-12-10-17)28-23(29)27-14-15-3-2-4-19(25)13-15/h2-13H,14H2,1H3,(H,27,28). The van der Waals surface area contributed by atoms with Crippen molar-refractivity contribution in [2.24, 2.45) is 7.05 Å². The van der Waals surface area contributed by atoms with Gasteiger partial charge in [-0.3, -0.25) is 14.3 Å². The van der Waals surface area contributed by atoms with E-state index in [9.17, 15) is 13.6 Å². The van der Waals surface area contributed by atoms with Gasteiger partial charge in [0.15, 0.2) is 0 Å². The van der Waals surface area contributed by atoms with Crippen LogP contribution in [0.5, 0.6) is 0 Å². The van der Waals surface area contributed by atoms with Crippen LogP contribution in [0.15, 0.2) is 77.9 Å². The van der Waals surface area contributed by atoms with Crippen LogP contribution in [0.2, 0.25) is 0 Å². The van der Waals surface area contributed by atoms with Gasteiger partial charge in [-0.25, -0.2) is 13.8 Å². The molecule has 0 aliphatic heterocycles. The average Bonchev–Trinajstić information content (AvgIpc) is 2.76. The molecule has 0 amide bonds. The van der Waals surface area contributed by atoms with E-state index in [0.717, 1.165) is 5.56 Å². The zero-order valence-electron chi connectivity index (χ0n) is 16.1. The lowest BCUT2D eigenvalue weighted by molar-refractivity contribution is 0.625. The van der Waals surface area contributed by atoms with Gasteiger partial charge in [0.05, 0.1) is 11.3 Å². The number of halogens is 2. The quantitative estimate of drug-likeness (QED) is 0.536. The summed E-state index contributed by atoms with van der Waals surface area (Å²) in [5.74, 6) is -0.385. The van der Waals surface area contributed by atoms with Crippen LogP contribution >= 0.6 is 0 Å². The Labute approximate surface area is 171 Å². The first-order valence-corrected chi connectivity index (χ1v) is 9.28. The fourth-order valence-corrected chi connectivity index (χ4v) is 3.18. The summed E-state index contributed by atoms with van der Waals surface area (Å²) in [6, 6.07) is 15.4. The molecule has 0 aliphatic carbocycles. The molecular weight excluding hydrogens is 386 g/mol. The highest BCUT2D eigenvalue weighted by Gasteiger charge is 2.18. The molecule has 0 spiro atoms. The summed E-state index contributed by atoms with van der Waals surface area (Å²) in [7, 11) is 1.60. The van der Waals surface area contributed by atoms with E-state index < -0.39 is 0 Å². The normalized spacial score (nSPS) is 10.8. The number of nitrogens with one attached hydrogen (secondary N) is 1. The molecule has 0 saturated carbocycles. The van der Waals surface area contributed by atoms with Crippen LogP contribution in [0.1, 0.15) is 5.56 Å². The molecule has 2 heterocycles. The molecule has 0 fully saturated rings. The monoisotopic (exact) mass is 404 g/mol. The second kappa shape index (κ2) is 8.24. The van der Waals surface area contributed by atoms with Gasteiger partial charge in [0.1, 0.15) is 11.6 Å². The minimum Gasteiger partial charge on any atom is -0.351 e. The van der Waals surface area contributed by atoms with E-state index in [1.807, 2.05) is 0 Å². The number of hydrogen-bond donors (Lipinski definition) is 1. The fraction of sp³-hybridized carbons (Fsp3) is 0.0870. The number of rotatable bonds is 5. The van der Waals surface area contributed by atoms with E-state index >= 15 is 0 Å². The van der Waals surface area contributed by atoms with Gasteiger partial charge in [-0.2, -0.15) is 0 Å². The Kier molecular flexibility index (Phi) is 5.34. The third kappa shape index (κ3) is 3.96. The van der Waals surface area contributed by atoms with Crippen molar-refractivity contribution in [3.63, 3.8) is 0 Å². The molecule has 4 aromatic rings. The SMILES string of the molecule is Cn1c(NCc2cccc(F)c2)nc(-c2ccncc2)c(-c2ccc(F)cc2)c1=O. The molecule has 2 aromatic heterocycles. The van der Waals surface area contributed by atoms with Gasteiger partial charge < -0.3 is 5.32 Å². The Morgan fingerprint density at radius 2 is 1.67 bits per heavy atom. The largest absolute Gasteiger partial charge is 0.351 e. The molecule has 0 radical (unpaired) electrons. The average molecular weight is 404 g/mol. The summed E-state index contributed by atoms with van der Waals surface area (Å²) >= 11 is 0. The molecule has 0 aliphatic rings. The molecule has 0 atom stereocenters. The minimum absolute atomic E-state index is 0.287. The molecule has 0 saturated heterocycles. The van der Waals surface area contributed by atoms with Crippen LogP contribution in [0.25, 0.3) is 22.4 Å². The van der Waals surface area contributed by atoms with Crippen LogP contribution in [0.4, 0.5) is 14.7 Å². The zero-order chi connectivity index (χ0) is 21.1. The number of nitrogens with zero attached hydrogens (tertiary/aromatic N) is 3. The lowest BCUT2D eigenvalue weighted by Crippen LogP contribution is -2.25. The third-order valence-electron chi connectivity index (χ3n) is 4.72. The molecule has 30 heavy (non-hydrogen) atoms. The first kappa shape index (κ1) is 19.4. The van der Waals surface area contributed by atoms with Gasteiger partial charge in [-0.05, 0) is 47.5 Å². The van der Waals surface area contributed by atoms with Gasteiger partial charge in [-0.15, -0.1) is 0 Å². The van der Waals surface area contributed by atoms with Crippen molar-refractivity contribution in [3.05, 3.63) is 101 Å². The molecule has 150 valence electrons. The molecule has 2 aromatic carbocycles. The van der Waals surface area contributed by atoms with E-state index in [2.05, 4.69) is 15.3 Å². The maximum absolute atomic E-state index is 13.5. The molecule has 0 unspecified atom stereocenters. The first-order valence-electron chi connectivity index (χ1n) is 9.28. The van der Waals surface area contributed by atoms with E-state index in [-0.39, 0.29) is 17.2 Å². The van der Waals surface area contributed by atoms with Crippen LogP contribution in [0.3, 0.4) is 0 Å². The molecule has 1 N–H and O–H groups in total. The summed E-state index contributed by atoms with van der Waals surface area (Å²) < 4.78 is 28.3. The summed E-state index contributed by atoms with van der Waals surface area (Å²) in [5.41, 5.74) is 2.51. The van der Waals surface area contributed by atoms with Gasteiger partial charge >= 0.3 is 0 Å². The van der Waals surface area contributed by atoms with Crippen LogP contribution in [-0.2, 0) is 13.6 Å². The van der Waals surface area contributed by atoms with Crippen LogP contribution < -0.4 is 10.9 Å². The van der Waals surface area contributed by atoms with E-state index in [4.69, 9.17) is 0 Å². The van der Waals surface area contributed by atoms with Crippen molar-refractivity contribution >= 4 is 5.95 Å². The highest BCUT2D eigenvalue weighted by molar-refractivity contribution is 5.80. The fourth-order valence-electron chi connectivity index (χ4n) is 3.18. The topological polar surface area (TPSA) is 59.8 Å². The van der Waals surface area contributed by atoms with Crippen molar-refractivity contribution < 1.29 is 8.78 Å². The predicted molar refractivity (Wildman–Crippen MR) is 112 cm³/mol. The van der Waals surface area contributed by atoms with Crippen molar-refractivity contribution in [1.29, 1.82) is 0 Å². The Balaban J connectivity index is 1.82. The Hall–Kier alpha value is -3.87. The number of anilines is 1. The van der Waals surface area contributed by atoms with Gasteiger partial charge in [0.25, 0.3) is 5.56 Å². The number of hydrogen-bond acceptors (Lipinski definition) is 4. The van der Waals surface area contributed by atoms with Crippen molar-refractivity contribution in [2.75, 3.05) is 5.32 Å². The number of aromatic nitrogens is 3. The van der Waals surface area contributed by atoms with E-state index in [0.29, 0.717) is 34.9 Å². The second-order valence-corrected chi connectivity index (χ2v) is 6.75. The summed E-state index contributed by atoms with van der Waals surface area (Å²) in [4.78, 5) is 21.9. The number of pyridine rings is 1. The van der Waals surface area contributed by atoms with Gasteiger partial charge in [-0.1, -0.05) is 24.3 Å². The van der Waals surface area contributed by atoms with Crippen molar-refractivity contribution in [2.45, 2.75) is 6.54 Å². The van der Waals surface area contributed by atoms with E-state index in [1.54, 1.807) is 55.8 Å². The van der Waals surface area contributed by atoms with Crippen LogP contribution in [0, 0.1) is 11.6 Å². The predicted octanol–water partition coefficient (Wildman–Crippen LogP) is 4.40. The molecule has 7 heteroatoms. The van der Waals surface area contributed by atoms with Crippen LogP contribution in [-0.4, -0.2) is 14.5 Å². The Morgan fingerprint density at radius 3 is 2.37 bits per heavy atom. The molecule has 5 nitrogen and oxygen atoms in total. The van der Waals surface area contributed by atoms with Crippen molar-refractivity contribution in [3.8, 4) is 22.4 Å². The van der Waals surface area contributed by atoms with Gasteiger partial charge in [0.2, 0.25) is 5.95 Å². The summed E-state index contributed by atoms with van der Waals surface area (Å²) in [6.45, 7) is 0.295. The highest BCUT2D eigenvalue weighted by Crippen LogP contribution is 2.28. The molecule has 0 bridgehead atoms. The first-order chi connectivity index (χ1) is 14.5. The lowest BCUT2D eigenvalue weighted by Gasteiger charge is -2.16. The van der Waals surface area contributed by atoms with Crippen molar-refractivity contribution in [1.82, 2.24) is 14.5 Å². The minimum atomic E-state index is -0.387. The molecular formula is C23H18F2N4O. The maximum Gasteiger partial charge on any atom is 0.263 e. The summed E-state index contributed by atoms with van der Waals surface area (Å²) in [5, 5.41) is 3.10. The third-order valence-corrected chi connectivity index (χ3v) is 4.72. The molecule has 4 rings (SSSR count). The Bertz CT molecular complexity index is 1240. The smallest absolute Gasteiger partial charge is 0.263 e. The highest BCUT2D eigenvalue weighted by atomic mass is 19.1. The zero-order valence-corrected chi connectivity index (χ0v) is 16.1. The second-order valence-electron chi connectivity index (χ2n) is 6.75. The van der Waals surface area contributed by atoms with E-state index in [1.165, 1.54) is 28.8 Å². The summed E-state index contributed by atoms with van der Waals surface area (Å²) in [6.07, 6.45) is 3.23.